The summed E-state index contributed by atoms with van der Waals surface area (Å²) in [5, 5.41) is 9.98. The van der Waals surface area contributed by atoms with Gasteiger partial charge in [-0.3, -0.25) is 0 Å². The van der Waals surface area contributed by atoms with Gasteiger partial charge in [0.1, 0.15) is 11.5 Å². The van der Waals surface area contributed by atoms with Crippen LogP contribution in [0.15, 0.2) is 12.1 Å². The minimum atomic E-state index is 0.198. The van der Waals surface area contributed by atoms with E-state index in [2.05, 4.69) is 0 Å². The molecular weight excluding hydrogens is 202 g/mol. The van der Waals surface area contributed by atoms with Gasteiger partial charge in [-0.25, -0.2) is 0 Å². The molecule has 0 heterocycles. The highest BCUT2D eigenvalue weighted by Crippen LogP contribution is 2.32. The number of aromatic hydroxyl groups is 1. The van der Waals surface area contributed by atoms with Gasteiger partial charge in [0.25, 0.3) is 0 Å². The van der Waals surface area contributed by atoms with Gasteiger partial charge in [-0.2, -0.15) is 0 Å². The molecule has 0 aromatic heterocycles. The van der Waals surface area contributed by atoms with Crippen molar-refractivity contribution < 1.29 is 9.84 Å². The average Bonchev–Trinajstić information content (AvgIpc) is 2.17. The molecule has 1 rings (SSSR count). The Labute approximate surface area is 88.4 Å². The number of aryl methyl sites for hydroxylation is 1. The number of rotatable bonds is 4. The van der Waals surface area contributed by atoms with Crippen molar-refractivity contribution in [3.8, 4) is 11.5 Å². The Morgan fingerprint density at radius 1 is 1.50 bits per heavy atom. The van der Waals surface area contributed by atoms with Crippen molar-refractivity contribution >= 4 is 11.6 Å². The van der Waals surface area contributed by atoms with E-state index in [4.69, 9.17) is 22.1 Å². The number of phenolic OH excluding ortho intramolecular Hbond substituents is 1. The Balaban J connectivity index is 2.92. The first-order valence-corrected chi connectivity index (χ1v) is 4.82. The monoisotopic (exact) mass is 215 g/mol. The van der Waals surface area contributed by atoms with Gasteiger partial charge in [0.05, 0.1) is 12.1 Å². The molecule has 78 valence electrons. The van der Waals surface area contributed by atoms with Crippen molar-refractivity contribution in [3.63, 3.8) is 0 Å². The van der Waals surface area contributed by atoms with Gasteiger partial charge in [-0.1, -0.05) is 11.6 Å². The Kier molecular flexibility index (Phi) is 4.04. The zero-order chi connectivity index (χ0) is 10.6. The molecule has 3 N–H and O–H groups in total. The molecule has 0 saturated carbocycles. The van der Waals surface area contributed by atoms with Crippen molar-refractivity contribution in [1.29, 1.82) is 0 Å². The summed E-state index contributed by atoms with van der Waals surface area (Å²) in [6.45, 7) is 0.602. The summed E-state index contributed by atoms with van der Waals surface area (Å²) >= 11 is 5.83. The largest absolute Gasteiger partial charge is 0.508 e. The third kappa shape index (κ3) is 2.53. The summed E-state index contributed by atoms with van der Waals surface area (Å²) in [7, 11) is 1.55. The minimum Gasteiger partial charge on any atom is -0.508 e. The van der Waals surface area contributed by atoms with Crippen LogP contribution in [0.4, 0.5) is 0 Å². The van der Waals surface area contributed by atoms with Crippen molar-refractivity contribution in [1.82, 2.24) is 0 Å². The molecular formula is C10H14ClNO2. The molecule has 1 aromatic rings. The van der Waals surface area contributed by atoms with E-state index < -0.39 is 0 Å². The summed E-state index contributed by atoms with van der Waals surface area (Å²) in [5.41, 5.74) is 6.20. The van der Waals surface area contributed by atoms with Crippen molar-refractivity contribution in [2.75, 3.05) is 13.7 Å². The first-order valence-electron chi connectivity index (χ1n) is 4.44. The first kappa shape index (κ1) is 11.1. The number of nitrogens with two attached hydrogens (primary N) is 1. The van der Waals surface area contributed by atoms with E-state index in [-0.39, 0.29) is 5.75 Å². The molecule has 0 amide bonds. The van der Waals surface area contributed by atoms with E-state index in [9.17, 15) is 5.11 Å². The highest BCUT2D eigenvalue weighted by molar-refractivity contribution is 6.32. The second-order valence-corrected chi connectivity index (χ2v) is 3.41. The Morgan fingerprint density at radius 2 is 2.21 bits per heavy atom. The highest BCUT2D eigenvalue weighted by Gasteiger charge is 2.07. The molecule has 4 heteroatoms. The quantitative estimate of drug-likeness (QED) is 0.807. The van der Waals surface area contributed by atoms with Crippen LogP contribution in [0, 0.1) is 0 Å². The maximum Gasteiger partial charge on any atom is 0.137 e. The Bertz CT molecular complexity index is 315. The number of phenols is 1. The van der Waals surface area contributed by atoms with Gasteiger partial charge >= 0.3 is 0 Å². The maximum absolute atomic E-state index is 9.56. The lowest BCUT2D eigenvalue weighted by Gasteiger charge is -2.08. The fourth-order valence-corrected chi connectivity index (χ4v) is 1.47. The van der Waals surface area contributed by atoms with Crippen molar-refractivity contribution in [2.45, 2.75) is 12.8 Å². The fourth-order valence-electron chi connectivity index (χ4n) is 1.23. The predicted octanol–water partition coefficient (Wildman–Crippen LogP) is 1.95. The molecule has 0 radical (unpaired) electrons. The lowest BCUT2D eigenvalue weighted by atomic mass is 10.1. The molecule has 1 aromatic carbocycles. The van der Waals surface area contributed by atoms with E-state index in [1.807, 2.05) is 0 Å². The summed E-state index contributed by atoms with van der Waals surface area (Å²) in [6, 6.07) is 3.24. The van der Waals surface area contributed by atoms with Gasteiger partial charge in [0.2, 0.25) is 0 Å². The van der Waals surface area contributed by atoms with Crippen LogP contribution in [0.5, 0.6) is 11.5 Å². The average molecular weight is 216 g/mol. The summed E-state index contributed by atoms with van der Waals surface area (Å²) in [5.74, 6) is 0.778. The van der Waals surface area contributed by atoms with Crippen LogP contribution >= 0.6 is 11.6 Å². The summed E-state index contributed by atoms with van der Waals surface area (Å²) in [4.78, 5) is 0. The Morgan fingerprint density at radius 3 is 2.79 bits per heavy atom. The molecule has 0 fully saturated rings. The summed E-state index contributed by atoms with van der Waals surface area (Å²) < 4.78 is 5.05. The number of methoxy groups -OCH3 is 1. The normalized spacial score (nSPS) is 10.2. The predicted molar refractivity (Wildman–Crippen MR) is 57.0 cm³/mol. The zero-order valence-corrected chi connectivity index (χ0v) is 8.84. The molecule has 0 unspecified atom stereocenters. The van der Waals surface area contributed by atoms with Crippen LogP contribution in [-0.2, 0) is 6.42 Å². The van der Waals surface area contributed by atoms with Crippen LogP contribution in [-0.4, -0.2) is 18.8 Å². The van der Waals surface area contributed by atoms with E-state index in [1.54, 1.807) is 13.2 Å². The van der Waals surface area contributed by atoms with Crippen molar-refractivity contribution in [3.05, 3.63) is 22.7 Å². The number of benzene rings is 1. The third-order valence-electron chi connectivity index (χ3n) is 2.00. The van der Waals surface area contributed by atoms with E-state index >= 15 is 0 Å². The molecule has 0 spiro atoms. The lowest BCUT2D eigenvalue weighted by Crippen LogP contribution is -2.00. The first-order chi connectivity index (χ1) is 6.69. The van der Waals surface area contributed by atoms with Gasteiger partial charge in [-0.15, -0.1) is 0 Å². The molecule has 0 aliphatic carbocycles. The maximum atomic E-state index is 9.56. The molecule has 3 nitrogen and oxygen atoms in total. The molecule has 0 atom stereocenters. The molecule has 0 bridgehead atoms. The highest BCUT2D eigenvalue weighted by atomic mass is 35.5. The van der Waals surface area contributed by atoms with Crippen molar-refractivity contribution in [2.24, 2.45) is 5.73 Å². The van der Waals surface area contributed by atoms with Gasteiger partial charge < -0.3 is 15.6 Å². The van der Waals surface area contributed by atoms with Crippen LogP contribution in [0.2, 0.25) is 5.02 Å². The van der Waals surface area contributed by atoms with Gasteiger partial charge in [-0.05, 0) is 31.0 Å². The second kappa shape index (κ2) is 5.08. The molecule has 14 heavy (non-hydrogen) atoms. The fraction of sp³-hybridized carbons (Fsp3) is 0.400. The number of ether oxygens (including phenoxy) is 1. The minimum absolute atomic E-state index is 0.198. The van der Waals surface area contributed by atoms with Gasteiger partial charge in [0.15, 0.2) is 0 Å². The topological polar surface area (TPSA) is 55.5 Å². The third-order valence-corrected chi connectivity index (χ3v) is 2.30. The zero-order valence-electron chi connectivity index (χ0n) is 8.09. The van der Waals surface area contributed by atoms with E-state index in [0.29, 0.717) is 17.3 Å². The van der Waals surface area contributed by atoms with Crippen LogP contribution < -0.4 is 10.5 Å². The summed E-state index contributed by atoms with van der Waals surface area (Å²) in [6.07, 6.45) is 1.56. The van der Waals surface area contributed by atoms with Crippen LogP contribution in [0.25, 0.3) is 0 Å². The number of hydrogen-bond donors (Lipinski definition) is 2. The smallest absolute Gasteiger partial charge is 0.137 e. The molecule has 0 aliphatic heterocycles. The second-order valence-electron chi connectivity index (χ2n) is 3.01. The van der Waals surface area contributed by atoms with E-state index in [1.165, 1.54) is 6.07 Å². The Hall–Kier alpha value is -0.930. The number of halogens is 1. The SMILES string of the molecule is COc1cc(CCCN)c(O)cc1Cl. The van der Waals surface area contributed by atoms with E-state index in [0.717, 1.165) is 18.4 Å². The standard InChI is InChI=1S/C10H14ClNO2/c1-14-10-5-7(3-2-4-12)9(13)6-8(10)11/h5-6,13H,2-4,12H2,1H3. The number of hydrogen-bond acceptors (Lipinski definition) is 3. The van der Waals surface area contributed by atoms with Crippen LogP contribution in [0.1, 0.15) is 12.0 Å². The molecule has 0 saturated heterocycles. The van der Waals surface area contributed by atoms with Gasteiger partial charge in [0, 0.05) is 6.07 Å². The van der Waals surface area contributed by atoms with Crippen LogP contribution in [0.3, 0.4) is 0 Å². The molecule has 0 aliphatic rings. The lowest BCUT2D eigenvalue weighted by molar-refractivity contribution is 0.411.